The highest BCUT2D eigenvalue weighted by Gasteiger charge is 2.40. The van der Waals surface area contributed by atoms with Crippen LogP contribution in [0, 0.1) is 17.7 Å². The number of methoxy groups -OCH3 is 2. The lowest BCUT2D eigenvalue weighted by Gasteiger charge is -2.42. The standard InChI is InChI=1S/C30H36FNO3/c1-34-30(35-2)21-14-16-32(17-15-21)23-9-12-27(28(31)19-23)29-25(20-6-4-3-5-7-20)11-8-22-18-24(33)10-13-26(22)29/h3-7,9-10,12,18-19,21,25-26,29-30,33H,8,11,13-17H2,1-2H3/t25-,26?,29+/m0/s1. The van der Waals surface area contributed by atoms with Gasteiger partial charge in [0.25, 0.3) is 0 Å². The van der Waals surface area contributed by atoms with Crippen LogP contribution in [0.2, 0.25) is 0 Å². The Morgan fingerprint density at radius 1 is 0.971 bits per heavy atom. The molecule has 3 aliphatic rings. The maximum atomic E-state index is 15.9. The predicted octanol–water partition coefficient (Wildman–Crippen LogP) is 6.71. The second-order valence-corrected chi connectivity index (χ2v) is 10.1. The molecule has 1 saturated carbocycles. The Kier molecular flexibility index (Phi) is 7.26. The maximum Gasteiger partial charge on any atom is 0.159 e. The first-order valence-corrected chi connectivity index (χ1v) is 12.8. The van der Waals surface area contributed by atoms with Gasteiger partial charge in [0.2, 0.25) is 0 Å². The van der Waals surface area contributed by atoms with Gasteiger partial charge in [-0.1, -0.05) is 42.0 Å². The average molecular weight is 478 g/mol. The van der Waals surface area contributed by atoms with E-state index in [9.17, 15) is 5.11 Å². The second kappa shape index (κ2) is 10.5. The summed E-state index contributed by atoms with van der Waals surface area (Å²) >= 11 is 0. The van der Waals surface area contributed by atoms with Crippen molar-refractivity contribution in [2.24, 2.45) is 11.8 Å². The van der Waals surface area contributed by atoms with Gasteiger partial charge in [-0.3, -0.25) is 0 Å². The van der Waals surface area contributed by atoms with Crippen LogP contribution in [0.1, 0.15) is 55.1 Å². The molecule has 2 fully saturated rings. The van der Waals surface area contributed by atoms with Crippen LogP contribution in [0.5, 0.6) is 0 Å². The van der Waals surface area contributed by atoms with E-state index in [1.165, 1.54) is 11.1 Å². The van der Waals surface area contributed by atoms with Crippen molar-refractivity contribution in [3.8, 4) is 0 Å². The third kappa shape index (κ3) is 4.89. The summed E-state index contributed by atoms with van der Waals surface area (Å²) in [7, 11) is 3.37. The zero-order valence-electron chi connectivity index (χ0n) is 20.7. The molecule has 186 valence electrons. The van der Waals surface area contributed by atoms with Crippen LogP contribution in [0.3, 0.4) is 0 Å². The third-order valence-corrected chi connectivity index (χ3v) is 8.33. The highest BCUT2D eigenvalue weighted by molar-refractivity contribution is 5.50. The molecule has 5 heteroatoms. The maximum absolute atomic E-state index is 15.9. The van der Waals surface area contributed by atoms with Gasteiger partial charge in [0.15, 0.2) is 6.29 Å². The van der Waals surface area contributed by atoms with Gasteiger partial charge >= 0.3 is 0 Å². The normalized spacial score (nSPS) is 25.3. The lowest BCUT2D eigenvalue weighted by atomic mass is 9.62. The van der Waals surface area contributed by atoms with E-state index in [1.807, 2.05) is 24.3 Å². The number of rotatable bonds is 6. The molecular weight excluding hydrogens is 441 g/mol. The number of allylic oxidation sites excluding steroid dienone is 3. The van der Waals surface area contributed by atoms with Crippen LogP contribution < -0.4 is 4.90 Å². The summed E-state index contributed by atoms with van der Waals surface area (Å²) < 4.78 is 26.8. The van der Waals surface area contributed by atoms with Gasteiger partial charge in [0.1, 0.15) is 11.6 Å². The monoisotopic (exact) mass is 477 g/mol. The van der Waals surface area contributed by atoms with Gasteiger partial charge in [-0.15, -0.1) is 0 Å². The SMILES string of the molecule is COC(OC)C1CCN(c2ccc([C@H]3C4CC=C(O)C=C4CC[C@H]3c3ccccc3)c(F)c2)CC1. The summed E-state index contributed by atoms with van der Waals surface area (Å²) in [6.07, 6.45) is 8.19. The zero-order valence-corrected chi connectivity index (χ0v) is 20.7. The number of benzene rings is 2. The van der Waals surface area contributed by atoms with Crippen LogP contribution in [0.25, 0.3) is 0 Å². The quantitative estimate of drug-likeness (QED) is 0.470. The first-order valence-electron chi connectivity index (χ1n) is 12.8. The number of aliphatic hydroxyl groups excluding tert-OH is 1. The van der Waals surface area contributed by atoms with Crippen LogP contribution in [0.15, 0.2) is 72.0 Å². The number of hydrogen-bond donors (Lipinski definition) is 1. The Bertz CT molecular complexity index is 1070. The third-order valence-electron chi connectivity index (χ3n) is 8.33. The molecule has 0 bridgehead atoms. The molecule has 2 aromatic carbocycles. The van der Waals surface area contributed by atoms with E-state index in [-0.39, 0.29) is 29.9 Å². The minimum atomic E-state index is -0.177. The summed E-state index contributed by atoms with van der Waals surface area (Å²) in [6.45, 7) is 1.73. The van der Waals surface area contributed by atoms with Crippen molar-refractivity contribution < 1.29 is 19.0 Å². The van der Waals surface area contributed by atoms with E-state index in [1.54, 1.807) is 20.3 Å². The number of ether oxygens (including phenoxy) is 2. The molecule has 3 atom stereocenters. The molecule has 0 amide bonds. The summed E-state index contributed by atoms with van der Waals surface area (Å²) in [5.41, 5.74) is 4.26. The number of fused-ring (bicyclic) bond motifs is 1. The molecule has 0 spiro atoms. The number of hydrogen-bond acceptors (Lipinski definition) is 4. The van der Waals surface area contributed by atoms with Crippen molar-refractivity contribution in [3.63, 3.8) is 0 Å². The first kappa shape index (κ1) is 24.1. The van der Waals surface area contributed by atoms with Crippen molar-refractivity contribution in [3.05, 3.63) is 89.0 Å². The van der Waals surface area contributed by atoms with E-state index in [0.29, 0.717) is 11.7 Å². The lowest BCUT2D eigenvalue weighted by Crippen LogP contribution is -2.39. The van der Waals surface area contributed by atoms with E-state index in [4.69, 9.17) is 9.47 Å². The zero-order chi connectivity index (χ0) is 24.4. The Balaban J connectivity index is 1.41. The summed E-state index contributed by atoms with van der Waals surface area (Å²) in [5.74, 6) is 1.09. The molecule has 1 N–H and O–H groups in total. The van der Waals surface area contributed by atoms with Gasteiger partial charge in [-0.05, 0) is 79.4 Å². The molecule has 1 unspecified atom stereocenters. The van der Waals surface area contributed by atoms with Crippen LogP contribution in [0.4, 0.5) is 10.1 Å². The van der Waals surface area contributed by atoms with Crippen LogP contribution in [-0.2, 0) is 9.47 Å². The number of nitrogens with zero attached hydrogens (tertiary/aromatic N) is 1. The number of piperidine rings is 1. The fourth-order valence-electron chi connectivity index (χ4n) is 6.57. The van der Waals surface area contributed by atoms with Gasteiger partial charge < -0.3 is 19.5 Å². The Hall–Kier alpha value is -2.63. The largest absolute Gasteiger partial charge is 0.508 e. The number of halogens is 1. The fourth-order valence-corrected chi connectivity index (χ4v) is 6.57. The van der Waals surface area contributed by atoms with Crippen LogP contribution >= 0.6 is 0 Å². The minimum Gasteiger partial charge on any atom is -0.508 e. The molecule has 1 saturated heterocycles. The highest BCUT2D eigenvalue weighted by atomic mass is 19.1. The van der Waals surface area contributed by atoms with E-state index < -0.39 is 0 Å². The second-order valence-electron chi connectivity index (χ2n) is 10.1. The van der Waals surface area contributed by atoms with Gasteiger partial charge in [0.05, 0.1) is 0 Å². The summed E-state index contributed by atoms with van der Waals surface area (Å²) in [5, 5.41) is 10.1. The average Bonchev–Trinajstić information content (AvgIpc) is 2.89. The lowest BCUT2D eigenvalue weighted by molar-refractivity contribution is -0.141. The fraction of sp³-hybridized carbons (Fsp3) is 0.467. The molecule has 5 rings (SSSR count). The molecule has 2 aromatic rings. The predicted molar refractivity (Wildman–Crippen MR) is 137 cm³/mol. The first-order chi connectivity index (χ1) is 17.1. The molecule has 35 heavy (non-hydrogen) atoms. The summed E-state index contributed by atoms with van der Waals surface area (Å²) in [6, 6.07) is 16.4. The Morgan fingerprint density at radius 3 is 2.40 bits per heavy atom. The van der Waals surface area contributed by atoms with E-state index >= 15 is 4.39 Å². The summed E-state index contributed by atoms with van der Waals surface area (Å²) in [4.78, 5) is 2.27. The molecule has 1 heterocycles. The van der Waals surface area contributed by atoms with Gasteiger partial charge in [-0.2, -0.15) is 0 Å². The number of aliphatic hydroxyl groups is 1. The van der Waals surface area contributed by atoms with E-state index in [0.717, 1.165) is 56.4 Å². The van der Waals surface area contributed by atoms with Crippen molar-refractivity contribution in [2.75, 3.05) is 32.2 Å². The molecule has 4 nitrogen and oxygen atoms in total. The Labute approximate surface area is 208 Å². The van der Waals surface area contributed by atoms with E-state index in [2.05, 4.69) is 35.2 Å². The molecule has 0 radical (unpaired) electrons. The smallest absolute Gasteiger partial charge is 0.159 e. The molecule has 0 aromatic heterocycles. The number of anilines is 1. The van der Waals surface area contributed by atoms with Crippen molar-refractivity contribution in [1.29, 1.82) is 0 Å². The van der Waals surface area contributed by atoms with Crippen LogP contribution in [-0.4, -0.2) is 38.7 Å². The minimum absolute atomic E-state index is 0.0469. The highest BCUT2D eigenvalue weighted by Crippen LogP contribution is 2.53. The van der Waals surface area contributed by atoms with Crippen molar-refractivity contribution >= 4 is 5.69 Å². The molecular formula is C30H36FNO3. The van der Waals surface area contributed by atoms with Crippen molar-refractivity contribution in [2.45, 2.75) is 50.2 Å². The van der Waals surface area contributed by atoms with Crippen molar-refractivity contribution in [1.82, 2.24) is 0 Å². The Morgan fingerprint density at radius 2 is 1.71 bits per heavy atom. The molecule has 1 aliphatic heterocycles. The molecule has 2 aliphatic carbocycles. The topological polar surface area (TPSA) is 41.9 Å². The van der Waals surface area contributed by atoms with Gasteiger partial charge in [-0.25, -0.2) is 4.39 Å². The van der Waals surface area contributed by atoms with Gasteiger partial charge in [0, 0.05) is 44.8 Å².